The van der Waals surface area contributed by atoms with E-state index in [2.05, 4.69) is 0 Å². The van der Waals surface area contributed by atoms with Crippen molar-refractivity contribution in [3.63, 3.8) is 0 Å². The lowest BCUT2D eigenvalue weighted by atomic mass is 10.0. The first-order valence-electron chi connectivity index (χ1n) is 10.8. The molecule has 0 heterocycles. The number of hydrogen-bond acceptors (Lipinski definition) is 4. The molecule has 1 N–H and O–H groups in total. The maximum atomic E-state index is 13.1. The summed E-state index contributed by atoms with van der Waals surface area (Å²) in [6.45, 7) is 0. The van der Waals surface area contributed by atoms with Crippen molar-refractivity contribution in [2.24, 2.45) is 0 Å². The Morgan fingerprint density at radius 3 is 2.00 bits per heavy atom. The normalized spacial score (nSPS) is 11.6. The first-order chi connectivity index (χ1) is 16.8. The van der Waals surface area contributed by atoms with Gasteiger partial charge in [-0.3, -0.25) is 9.00 Å². The molecule has 1 atom stereocenters. The molecule has 7 heteroatoms. The van der Waals surface area contributed by atoms with Gasteiger partial charge in [0.2, 0.25) is 0 Å². The van der Waals surface area contributed by atoms with E-state index in [9.17, 15) is 18.9 Å². The Balaban J connectivity index is 1.56. The highest BCUT2D eigenvalue weighted by Crippen LogP contribution is 2.26. The molecule has 0 saturated heterocycles. The van der Waals surface area contributed by atoms with Gasteiger partial charge in [0.15, 0.2) is 5.78 Å². The van der Waals surface area contributed by atoms with Crippen molar-refractivity contribution in [3.05, 3.63) is 124 Å². The van der Waals surface area contributed by atoms with Crippen LogP contribution in [0.1, 0.15) is 31.8 Å². The van der Waals surface area contributed by atoms with Crippen molar-refractivity contribution >= 4 is 45.5 Å². The summed E-state index contributed by atoms with van der Waals surface area (Å²) in [5.41, 5.74) is 3.17. The Hall–Kier alpha value is -3.74. The fraction of sp³-hybridized carbons (Fsp3) is 0.0714. The summed E-state index contributed by atoms with van der Waals surface area (Å²) in [7, 11) is 0.344. The van der Waals surface area contributed by atoms with Crippen molar-refractivity contribution in [2.45, 2.75) is 10.6 Å². The fourth-order valence-electron chi connectivity index (χ4n) is 3.66. The number of benzene rings is 4. The van der Waals surface area contributed by atoms with Gasteiger partial charge >= 0.3 is 5.97 Å². The number of hydrogen-bond donors (Lipinski definition) is 1. The number of anilines is 2. The van der Waals surface area contributed by atoms with E-state index in [0.29, 0.717) is 10.6 Å². The van der Waals surface area contributed by atoms with Crippen molar-refractivity contribution in [2.75, 3.05) is 11.9 Å². The number of carboxylic acids is 1. The van der Waals surface area contributed by atoms with E-state index in [4.69, 9.17) is 11.6 Å². The highest BCUT2D eigenvalue weighted by Gasteiger charge is 2.19. The number of carbonyl (C=O) groups excluding carboxylic acids is 1. The number of halogens is 1. The summed E-state index contributed by atoms with van der Waals surface area (Å²) >= 11 is 5.96. The first kappa shape index (κ1) is 24.4. The topological polar surface area (TPSA) is 74.7 Å². The molecule has 0 aliphatic rings. The number of carboxylic acid groups (broad SMARTS) is 1. The average molecular weight is 504 g/mol. The monoisotopic (exact) mass is 503 g/mol. The molecule has 4 aromatic rings. The van der Waals surface area contributed by atoms with Gasteiger partial charge in [0.1, 0.15) is 0 Å². The van der Waals surface area contributed by atoms with Crippen LogP contribution in [-0.2, 0) is 16.6 Å². The van der Waals surface area contributed by atoms with Crippen molar-refractivity contribution in [1.29, 1.82) is 0 Å². The Kier molecular flexibility index (Phi) is 7.44. The molecule has 4 aromatic carbocycles. The van der Waals surface area contributed by atoms with Crippen molar-refractivity contribution < 1.29 is 18.9 Å². The third-order valence-electron chi connectivity index (χ3n) is 5.59. The molecular weight excluding hydrogens is 482 g/mol. The van der Waals surface area contributed by atoms with Gasteiger partial charge in [-0.15, -0.1) is 0 Å². The van der Waals surface area contributed by atoms with Crippen LogP contribution < -0.4 is 4.90 Å². The van der Waals surface area contributed by atoms with Gasteiger partial charge in [0.05, 0.1) is 27.0 Å². The lowest BCUT2D eigenvalue weighted by Gasteiger charge is -2.19. The van der Waals surface area contributed by atoms with E-state index in [1.165, 1.54) is 18.2 Å². The lowest BCUT2D eigenvalue weighted by molar-refractivity contribution is 0.0693. The van der Waals surface area contributed by atoms with Gasteiger partial charge in [0, 0.05) is 34.6 Å². The zero-order valence-corrected chi connectivity index (χ0v) is 20.4. The Morgan fingerprint density at radius 1 is 0.829 bits per heavy atom. The summed E-state index contributed by atoms with van der Waals surface area (Å²) in [5.74, 6) is -1.35. The van der Waals surface area contributed by atoms with Crippen LogP contribution in [0.4, 0.5) is 11.4 Å². The number of carbonyl (C=O) groups is 2. The molecule has 0 aromatic heterocycles. The zero-order chi connectivity index (χ0) is 24.9. The largest absolute Gasteiger partial charge is 0.478 e. The maximum absolute atomic E-state index is 13.1. The number of nitrogens with zero attached hydrogens (tertiary/aromatic N) is 1. The van der Waals surface area contributed by atoms with E-state index in [1.807, 2.05) is 78.7 Å². The van der Waals surface area contributed by atoms with Crippen LogP contribution in [0.3, 0.4) is 0 Å². The Bertz CT molecular complexity index is 1390. The molecule has 0 aliphatic heterocycles. The second-order valence-electron chi connectivity index (χ2n) is 7.90. The predicted octanol–water partition coefficient (Wildman–Crippen LogP) is 6.34. The predicted molar refractivity (Wildman–Crippen MR) is 139 cm³/mol. The number of aromatic carboxylic acids is 1. The minimum absolute atomic E-state index is 0.135. The summed E-state index contributed by atoms with van der Waals surface area (Å²) < 4.78 is 12.9. The highest BCUT2D eigenvalue weighted by molar-refractivity contribution is 7.84. The molecule has 4 rings (SSSR count). The molecule has 0 saturated carbocycles. The summed E-state index contributed by atoms with van der Waals surface area (Å²) in [5, 5.41) is 10.4. The van der Waals surface area contributed by atoms with Crippen LogP contribution in [-0.4, -0.2) is 28.1 Å². The van der Waals surface area contributed by atoms with Gasteiger partial charge in [-0.05, 0) is 72.3 Å². The second kappa shape index (κ2) is 10.7. The highest BCUT2D eigenvalue weighted by atomic mass is 35.5. The molecule has 0 spiro atoms. The number of rotatable bonds is 8. The van der Waals surface area contributed by atoms with Gasteiger partial charge in [0.25, 0.3) is 0 Å². The van der Waals surface area contributed by atoms with Gasteiger partial charge < -0.3 is 10.0 Å². The SMILES string of the molecule is CN(c1ccc(Cl)cc1)c1ccc(C(=O)c2ccc(S(=O)Cc3ccccc3)c(C(=O)O)c2)cc1. The Morgan fingerprint density at radius 2 is 1.40 bits per heavy atom. The van der Waals surface area contributed by atoms with Crippen LogP contribution in [0, 0.1) is 0 Å². The van der Waals surface area contributed by atoms with Crippen molar-refractivity contribution in [3.8, 4) is 0 Å². The van der Waals surface area contributed by atoms with E-state index in [1.54, 1.807) is 12.1 Å². The molecule has 0 amide bonds. The van der Waals surface area contributed by atoms with Gasteiger partial charge in [-0.25, -0.2) is 4.79 Å². The quantitative estimate of drug-likeness (QED) is 0.284. The van der Waals surface area contributed by atoms with E-state index >= 15 is 0 Å². The van der Waals surface area contributed by atoms with Crippen LogP contribution >= 0.6 is 11.6 Å². The average Bonchev–Trinajstić information content (AvgIpc) is 2.88. The molecule has 5 nitrogen and oxygen atoms in total. The fourth-order valence-corrected chi connectivity index (χ4v) is 5.05. The molecule has 0 bridgehead atoms. The standard InChI is InChI=1S/C28H22ClNO4S/c1-30(24-14-10-22(29)11-15-24)23-12-7-20(8-13-23)27(31)21-9-16-26(25(17-21)28(32)33)35(34)18-19-5-3-2-4-6-19/h2-17H,18H2,1H3,(H,32,33). The second-order valence-corrected chi connectivity index (χ2v) is 9.76. The van der Waals surface area contributed by atoms with Crippen LogP contribution in [0.5, 0.6) is 0 Å². The molecule has 1 unspecified atom stereocenters. The lowest BCUT2D eigenvalue weighted by Crippen LogP contribution is -2.11. The smallest absolute Gasteiger partial charge is 0.336 e. The molecule has 176 valence electrons. The third kappa shape index (κ3) is 5.67. The van der Waals surface area contributed by atoms with E-state index in [-0.39, 0.29) is 27.6 Å². The van der Waals surface area contributed by atoms with E-state index in [0.717, 1.165) is 16.9 Å². The number of ketones is 1. The maximum Gasteiger partial charge on any atom is 0.336 e. The van der Waals surface area contributed by atoms with Gasteiger partial charge in [-0.2, -0.15) is 0 Å². The molecule has 0 radical (unpaired) electrons. The van der Waals surface area contributed by atoms with E-state index < -0.39 is 16.8 Å². The third-order valence-corrected chi connectivity index (χ3v) is 7.28. The summed E-state index contributed by atoms with van der Waals surface area (Å²) in [6.07, 6.45) is 0. The van der Waals surface area contributed by atoms with Gasteiger partial charge in [-0.1, -0.05) is 41.9 Å². The van der Waals surface area contributed by atoms with Crippen LogP contribution in [0.2, 0.25) is 5.02 Å². The zero-order valence-electron chi connectivity index (χ0n) is 18.9. The Labute approximate surface area is 211 Å². The summed E-state index contributed by atoms with van der Waals surface area (Å²) in [6, 6.07) is 28.0. The first-order valence-corrected chi connectivity index (χ1v) is 12.5. The molecule has 35 heavy (non-hydrogen) atoms. The van der Waals surface area contributed by atoms with Crippen LogP contribution in [0.25, 0.3) is 0 Å². The van der Waals surface area contributed by atoms with Crippen LogP contribution in [0.15, 0.2) is 102 Å². The summed E-state index contributed by atoms with van der Waals surface area (Å²) in [4.78, 5) is 27.1. The molecular formula is C28H22ClNO4S. The minimum Gasteiger partial charge on any atom is -0.478 e. The minimum atomic E-state index is -1.57. The molecule has 0 aliphatic carbocycles. The molecule has 0 fully saturated rings. The van der Waals surface area contributed by atoms with Crippen molar-refractivity contribution in [1.82, 2.24) is 0 Å².